The molecule has 1 N–H and O–H groups in total. The molecule has 3 unspecified atom stereocenters. The van der Waals surface area contributed by atoms with Crippen LogP contribution in [0.4, 0.5) is 0 Å². The minimum absolute atomic E-state index is 0. The van der Waals surface area contributed by atoms with Crippen molar-refractivity contribution in [3.8, 4) is 0 Å². The number of hydrogen-bond acceptors (Lipinski definition) is 2. The third-order valence-corrected chi connectivity index (χ3v) is 5.29. The van der Waals surface area contributed by atoms with E-state index in [9.17, 15) is 0 Å². The predicted octanol–water partition coefficient (Wildman–Crippen LogP) is 4.08. The van der Waals surface area contributed by atoms with Crippen molar-refractivity contribution in [3.63, 3.8) is 0 Å². The molecule has 2 nitrogen and oxygen atoms in total. The summed E-state index contributed by atoms with van der Waals surface area (Å²) < 4.78 is 0. The van der Waals surface area contributed by atoms with Crippen molar-refractivity contribution >= 4 is 24.0 Å². The second-order valence-electron chi connectivity index (χ2n) is 6.66. The van der Waals surface area contributed by atoms with E-state index < -0.39 is 0 Å². The van der Waals surface area contributed by atoms with Gasteiger partial charge in [-0.05, 0) is 56.3 Å². The first-order valence-electron chi connectivity index (χ1n) is 7.83. The Morgan fingerprint density at radius 2 is 1.95 bits per heavy atom. The second kappa shape index (κ2) is 7.32. The van der Waals surface area contributed by atoms with Crippen LogP contribution in [0.3, 0.4) is 0 Å². The zero-order valence-electron chi connectivity index (χ0n) is 12.9. The fourth-order valence-electron chi connectivity index (χ4n) is 3.89. The Morgan fingerprint density at radius 3 is 2.57 bits per heavy atom. The summed E-state index contributed by atoms with van der Waals surface area (Å²) in [7, 11) is 2.29. The Hall–Kier alpha value is -0.280. The first-order chi connectivity index (χ1) is 9.61. The van der Waals surface area contributed by atoms with Crippen molar-refractivity contribution in [1.82, 2.24) is 10.2 Å². The van der Waals surface area contributed by atoms with E-state index in [1.54, 1.807) is 0 Å². The van der Waals surface area contributed by atoms with Crippen LogP contribution in [0.2, 0.25) is 5.02 Å². The molecule has 4 heteroatoms. The van der Waals surface area contributed by atoms with Crippen molar-refractivity contribution in [2.45, 2.75) is 56.7 Å². The van der Waals surface area contributed by atoms with Gasteiger partial charge in [-0.3, -0.25) is 0 Å². The molecule has 2 aliphatic rings. The standard InChI is InChI=1S/C17H25ClN2.ClH/c1-12(13-4-3-5-14(18)8-13)11-20(2)17-9-15-6-7-16(10-17)19-15;/h3-5,8,12,15-17,19H,6-7,9-11H2,1-2H3;1H. The molecule has 21 heavy (non-hydrogen) atoms. The molecule has 2 aliphatic heterocycles. The molecule has 0 aliphatic carbocycles. The van der Waals surface area contributed by atoms with Crippen LogP contribution in [0.15, 0.2) is 24.3 Å². The van der Waals surface area contributed by atoms with Crippen LogP contribution in [0.5, 0.6) is 0 Å². The van der Waals surface area contributed by atoms with E-state index in [-0.39, 0.29) is 12.4 Å². The van der Waals surface area contributed by atoms with Crippen molar-refractivity contribution in [2.75, 3.05) is 13.6 Å². The summed E-state index contributed by atoms with van der Waals surface area (Å²) >= 11 is 6.10. The lowest BCUT2D eigenvalue weighted by Gasteiger charge is -2.36. The van der Waals surface area contributed by atoms with Gasteiger partial charge in [-0.15, -0.1) is 12.4 Å². The van der Waals surface area contributed by atoms with E-state index in [1.807, 2.05) is 6.07 Å². The lowest BCUT2D eigenvalue weighted by atomic mass is 9.95. The highest BCUT2D eigenvalue weighted by Crippen LogP contribution is 2.30. The van der Waals surface area contributed by atoms with E-state index in [2.05, 4.69) is 42.4 Å². The van der Waals surface area contributed by atoms with Gasteiger partial charge in [-0.2, -0.15) is 0 Å². The van der Waals surface area contributed by atoms with E-state index in [4.69, 9.17) is 11.6 Å². The van der Waals surface area contributed by atoms with Gasteiger partial charge < -0.3 is 10.2 Å². The number of piperidine rings is 1. The van der Waals surface area contributed by atoms with Crippen LogP contribution in [0.1, 0.15) is 44.1 Å². The van der Waals surface area contributed by atoms with Crippen LogP contribution < -0.4 is 5.32 Å². The molecule has 0 radical (unpaired) electrons. The Bertz CT molecular complexity index is 454. The molecule has 118 valence electrons. The van der Waals surface area contributed by atoms with Gasteiger partial charge in [-0.1, -0.05) is 30.7 Å². The van der Waals surface area contributed by atoms with Gasteiger partial charge in [0.05, 0.1) is 0 Å². The SMILES string of the molecule is CC(CN(C)C1CC2CCC(C1)N2)c1cccc(Cl)c1.Cl. The van der Waals surface area contributed by atoms with Gasteiger partial charge in [0.25, 0.3) is 0 Å². The van der Waals surface area contributed by atoms with E-state index in [0.29, 0.717) is 5.92 Å². The number of likely N-dealkylation sites (N-methyl/N-ethyl adjacent to an activating group) is 1. The Morgan fingerprint density at radius 1 is 1.29 bits per heavy atom. The summed E-state index contributed by atoms with van der Waals surface area (Å²) in [5.41, 5.74) is 1.35. The fraction of sp³-hybridized carbons (Fsp3) is 0.647. The van der Waals surface area contributed by atoms with Gasteiger partial charge in [0.2, 0.25) is 0 Å². The van der Waals surface area contributed by atoms with Crippen LogP contribution in [0, 0.1) is 0 Å². The third-order valence-electron chi connectivity index (χ3n) is 5.05. The molecule has 3 atom stereocenters. The summed E-state index contributed by atoms with van der Waals surface area (Å²) in [6.07, 6.45) is 5.38. The number of fused-ring (bicyclic) bond motifs is 2. The maximum atomic E-state index is 6.10. The highest BCUT2D eigenvalue weighted by Gasteiger charge is 2.35. The molecule has 0 saturated carbocycles. The predicted molar refractivity (Wildman–Crippen MR) is 92.7 cm³/mol. The van der Waals surface area contributed by atoms with Crippen molar-refractivity contribution in [3.05, 3.63) is 34.9 Å². The number of nitrogens with one attached hydrogen (secondary N) is 1. The lowest BCUT2D eigenvalue weighted by molar-refractivity contribution is 0.166. The van der Waals surface area contributed by atoms with Crippen LogP contribution in [-0.4, -0.2) is 36.6 Å². The first-order valence-corrected chi connectivity index (χ1v) is 8.21. The van der Waals surface area contributed by atoms with E-state index in [1.165, 1.54) is 31.2 Å². The largest absolute Gasteiger partial charge is 0.311 e. The Labute approximate surface area is 139 Å². The summed E-state index contributed by atoms with van der Waals surface area (Å²) in [4.78, 5) is 2.57. The molecular weight excluding hydrogens is 303 g/mol. The maximum absolute atomic E-state index is 6.10. The fourth-order valence-corrected chi connectivity index (χ4v) is 4.09. The van der Waals surface area contributed by atoms with Crippen molar-refractivity contribution < 1.29 is 0 Å². The first kappa shape index (κ1) is 17.1. The molecule has 0 aromatic heterocycles. The van der Waals surface area contributed by atoms with Crippen molar-refractivity contribution in [2.24, 2.45) is 0 Å². The summed E-state index contributed by atoms with van der Waals surface area (Å²) in [5.74, 6) is 0.534. The summed E-state index contributed by atoms with van der Waals surface area (Å²) in [6.45, 7) is 3.42. The zero-order valence-corrected chi connectivity index (χ0v) is 14.5. The molecule has 2 heterocycles. The highest BCUT2D eigenvalue weighted by molar-refractivity contribution is 6.30. The quantitative estimate of drug-likeness (QED) is 0.895. The van der Waals surface area contributed by atoms with Crippen LogP contribution in [-0.2, 0) is 0 Å². The third kappa shape index (κ3) is 4.13. The average Bonchev–Trinajstić information content (AvgIpc) is 2.77. The van der Waals surface area contributed by atoms with Gasteiger partial charge in [0, 0.05) is 29.7 Å². The van der Waals surface area contributed by atoms with Gasteiger partial charge >= 0.3 is 0 Å². The van der Waals surface area contributed by atoms with Crippen LogP contribution >= 0.6 is 24.0 Å². The molecule has 2 fully saturated rings. The smallest absolute Gasteiger partial charge is 0.0408 e. The maximum Gasteiger partial charge on any atom is 0.0408 e. The summed E-state index contributed by atoms with van der Waals surface area (Å²) in [5, 5.41) is 4.57. The molecule has 2 bridgehead atoms. The van der Waals surface area contributed by atoms with Gasteiger partial charge in [0.15, 0.2) is 0 Å². The normalized spacial score (nSPS) is 29.2. The molecular formula is C17H26Cl2N2. The van der Waals surface area contributed by atoms with Crippen LogP contribution in [0.25, 0.3) is 0 Å². The number of nitrogens with zero attached hydrogens (tertiary/aromatic N) is 1. The minimum Gasteiger partial charge on any atom is -0.311 e. The Kier molecular flexibility index (Phi) is 5.96. The molecule has 0 amide bonds. The average molecular weight is 329 g/mol. The van der Waals surface area contributed by atoms with Gasteiger partial charge in [-0.25, -0.2) is 0 Å². The summed E-state index contributed by atoms with van der Waals surface area (Å²) in [6, 6.07) is 10.6. The van der Waals surface area contributed by atoms with Crippen molar-refractivity contribution in [1.29, 1.82) is 0 Å². The van der Waals surface area contributed by atoms with Gasteiger partial charge in [0.1, 0.15) is 0 Å². The lowest BCUT2D eigenvalue weighted by Crippen LogP contribution is -2.47. The zero-order chi connectivity index (χ0) is 14.1. The monoisotopic (exact) mass is 328 g/mol. The second-order valence-corrected chi connectivity index (χ2v) is 7.10. The highest BCUT2D eigenvalue weighted by atomic mass is 35.5. The number of halogens is 2. The molecule has 2 saturated heterocycles. The molecule has 1 aromatic rings. The number of rotatable bonds is 4. The number of benzene rings is 1. The number of hydrogen-bond donors (Lipinski definition) is 1. The van der Waals surface area contributed by atoms with E-state index >= 15 is 0 Å². The minimum atomic E-state index is 0. The molecule has 1 aromatic carbocycles. The molecule has 0 spiro atoms. The van der Waals surface area contributed by atoms with E-state index in [0.717, 1.165) is 29.7 Å². The Balaban J connectivity index is 0.00000161. The molecule has 3 rings (SSSR count). The topological polar surface area (TPSA) is 15.3 Å².